The minimum atomic E-state index is 0.224. The molecule has 1 unspecified atom stereocenters. The molecule has 4 heteroatoms. The number of carbonyl (C=O) groups excluding carboxylic acids is 1. The summed E-state index contributed by atoms with van der Waals surface area (Å²) in [5.74, 6) is 0.224. The number of carbonyl (C=O) groups is 1. The van der Waals surface area contributed by atoms with Crippen LogP contribution < -0.4 is 0 Å². The van der Waals surface area contributed by atoms with Crippen molar-refractivity contribution < 1.29 is 14.3 Å². The second kappa shape index (κ2) is 8.83. The molecule has 0 heterocycles. The molecule has 0 aliphatic heterocycles. The molecule has 0 amide bonds. The van der Waals surface area contributed by atoms with E-state index in [0.29, 0.717) is 19.6 Å². The highest BCUT2D eigenvalue weighted by Gasteiger charge is 2.14. The summed E-state index contributed by atoms with van der Waals surface area (Å²) >= 11 is 0. The second-order valence-corrected chi connectivity index (χ2v) is 3.78. The van der Waals surface area contributed by atoms with Gasteiger partial charge in [-0.1, -0.05) is 0 Å². The minimum absolute atomic E-state index is 0.224. The number of nitrogens with zero attached hydrogens (tertiary/aromatic N) is 1. The zero-order valence-corrected chi connectivity index (χ0v) is 10.3. The molecule has 0 aliphatic carbocycles. The number of Topliss-reactive ketones (excluding diaryl/α,β-unsaturated/α-hetero) is 1. The lowest BCUT2D eigenvalue weighted by Gasteiger charge is -2.27. The fourth-order valence-electron chi connectivity index (χ4n) is 1.51. The maximum Gasteiger partial charge on any atom is 0.131 e. The normalized spacial score (nSPS) is 13.1. The zero-order chi connectivity index (χ0) is 11.7. The van der Waals surface area contributed by atoms with Gasteiger partial charge in [-0.3, -0.25) is 9.69 Å². The molecular weight excluding hydrogens is 194 g/mol. The van der Waals surface area contributed by atoms with Gasteiger partial charge in [-0.25, -0.2) is 0 Å². The van der Waals surface area contributed by atoms with Gasteiger partial charge in [0.25, 0.3) is 0 Å². The van der Waals surface area contributed by atoms with E-state index in [9.17, 15) is 4.79 Å². The van der Waals surface area contributed by atoms with Crippen molar-refractivity contribution in [3.05, 3.63) is 0 Å². The molecule has 0 spiro atoms. The van der Waals surface area contributed by atoms with Crippen molar-refractivity contribution in [1.82, 2.24) is 4.90 Å². The molecule has 0 fully saturated rings. The van der Waals surface area contributed by atoms with Crippen molar-refractivity contribution in [3.8, 4) is 0 Å². The molecule has 0 saturated carbocycles. The highest BCUT2D eigenvalue weighted by atomic mass is 16.5. The van der Waals surface area contributed by atoms with Crippen LogP contribution >= 0.6 is 0 Å². The van der Waals surface area contributed by atoms with Gasteiger partial charge in [0.05, 0.1) is 13.2 Å². The van der Waals surface area contributed by atoms with Crippen molar-refractivity contribution in [2.24, 2.45) is 0 Å². The lowest BCUT2D eigenvalue weighted by molar-refractivity contribution is -0.118. The first-order chi connectivity index (χ1) is 7.11. The fraction of sp³-hybridized carbons (Fsp3) is 0.909. The Balaban J connectivity index is 4.00. The van der Waals surface area contributed by atoms with E-state index in [1.807, 2.05) is 0 Å². The molecule has 0 N–H and O–H groups in total. The molecule has 1 atom stereocenters. The first-order valence-electron chi connectivity index (χ1n) is 5.33. The Bertz CT molecular complexity index is 165. The number of ketones is 1. The number of methoxy groups -OCH3 is 2. The summed E-state index contributed by atoms with van der Waals surface area (Å²) in [6.45, 7) is 6.74. The zero-order valence-electron chi connectivity index (χ0n) is 10.3. The van der Waals surface area contributed by atoms with E-state index in [1.54, 1.807) is 21.1 Å². The summed E-state index contributed by atoms with van der Waals surface area (Å²) in [7, 11) is 3.37. The Kier molecular flexibility index (Phi) is 8.56. The molecule has 0 aromatic heterocycles. The van der Waals surface area contributed by atoms with Crippen LogP contribution in [-0.4, -0.2) is 57.2 Å². The van der Waals surface area contributed by atoms with Crippen LogP contribution in [-0.2, 0) is 14.3 Å². The number of rotatable bonds is 9. The Labute approximate surface area is 92.5 Å². The van der Waals surface area contributed by atoms with Crippen molar-refractivity contribution in [2.45, 2.75) is 26.3 Å². The fourth-order valence-corrected chi connectivity index (χ4v) is 1.51. The van der Waals surface area contributed by atoms with E-state index in [4.69, 9.17) is 9.47 Å². The molecular formula is C11H23NO3. The quantitative estimate of drug-likeness (QED) is 0.576. The van der Waals surface area contributed by atoms with Crippen LogP contribution in [0.1, 0.15) is 20.3 Å². The molecule has 0 aromatic rings. The van der Waals surface area contributed by atoms with Gasteiger partial charge in [-0.2, -0.15) is 0 Å². The van der Waals surface area contributed by atoms with Gasteiger partial charge in [0.2, 0.25) is 0 Å². The molecule has 90 valence electrons. The Hall–Kier alpha value is -0.450. The third kappa shape index (κ3) is 7.48. The average molecular weight is 217 g/mol. The van der Waals surface area contributed by atoms with Gasteiger partial charge in [0.1, 0.15) is 5.78 Å². The summed E-state index contributed by atoms with van der Waals surface area (Å²) < 4.78 is 10.1. The highest BCUT2D eigenvalue weighted by Crippen LogP contribution is 2.04. The van der Waals surface area contributed by atoms with Crippen molar-refractivity contribution in [3.63, 3.8) is 0 Å². The molecule has 0 saturated heterocycles. The largest absolute Gasteiger partial charge is 0.383 e. The maximum atomic E-state index is 11.0. The van der Waals surface area contributed by atoms with Crippen LogP contribution in [0.25, 0.3) is 0 Å². The molecule has 0 rings (SSSR count). The van der Waals surface area contributed by atoms with Gasteiger partial charge >= 0.3 is 0 Å². The molecule has 0 aromatic carbocycles. The van der Waals surface area contributed by atoms with Gasteiger partial charge in [-0.15, -0.1) is 0 Å². The third-order valence-corrected chi connectivity index (χ3v) is 2.37. The van der Waals surface area contributed by atoms with E-state index in [0.717, 1.165) is 13.1 Å². The van der Waals surface area contributed by atoms with E-state index in [1.165, 1.54) is 0 Å². The number of hydrogen-bond acceptors (Lipinski definition) is 4. The van der Waals surface area contributed by atoms with Crippen LogP contribution in [0, 0.1) is 0 Å². The Morgan fingerprint density at radius 2 is 1.67 bits per heavy atom. The van der Waals surface area contributed by atoms with E-state index >= 15 is 0 Å². The smallest absolute Gasteiger partial charge is 0.131 e. The number of hydrogen-bond donors (Lipinski definition) is 0. The topological polar surface area (TPSA) is 38.8 Å². The predicted octanol–water partition coefficient (Wildman–Crippen LogP) is 0.949. The van der Waals surface area contributed by atoms with Crippen LogP contribution in [0.4, 0.5) is 0 Å². The number of ether oxygens (including phenoxy) is 2. The van der Waals surface area contributed by atoms with Crippen molar-refractivity contribution in [2.75, 3.05) is 40.5 Å². The van der Waals surface area contributed by atoms with Crippen LogP contribution in [0.5, 0.6) is 0 Å². The standard InChI is InChI=1S/C11H23NO3/c1-10(9-11(2)13)12(5-7-14-3)6-8-15-4/h10H,5-9H2,1-4H3. The SMILES string of the molecule is COCCN(CCOC)C(C)CC(C)=O. The summed E-state index contributed by atoms with van der Waals surface area (Å²) in [5.41, 5.74) is 0. The van der Waals surface area contributed by atoms with Crippen LogP contribution in [0.3, 0.4) is 0 Å². The molecule has 0 radical (unpaired) electrons. The maximum absolute atomic E-state index is 11.0. The van der Waals surface area contributed by atoms with Gasteiger partial charge < -0.3 is 9.47 Å². The van der Waals surface area contributed by atoms with Crippen molar-refractivity contribution in [1.29, 1.82) is 0 Å². The highest BCUT2D eigenvalue weighted by molar-refractivity contribution is 5.76. The Morgan fingerprint density at radius 1 is 1.20 bits per heavy atom. The first-order valence-corrected chi connectivity index (χ1v) is 5.33. The molecule has 0 bridgehead atoms. The van der Waals surface area contributed by atoms with Crippen LogP contribution in [0.15, 0.2) is 0 Å². The molecule has 4 nitrogen and oxygen atoms in total. The summed E-state index contributed by atoms with van der Waals surface area (Å²) in [4.78, 5) is 13.2. The summed E-state index contributed by atoms with van der Waals surface area (Å²) in [6.07, 6.45) is 0.591. The lowest BCUT2D eigenvalue weighted by atomic mass is 10.1. The summed E-state index contributed by atoms with van der Waals surface area (Å²) in [5, 5.41) is 0. The van der Waals surface area contributed by atoms with E-state index < -0.39 is 0 Å². The van der Waals surface area contributed by atoms with Gasteiger partial charge in [0.15, 0.2) is 0 Å². The van der Waals surface area contributed by atoms with E-state index in [2.05, 4.69) is 11.8 Å². The molecule has 0 aliphatic rings. The van der Waals surface area contributed by atoms with Crippen molar-refractivity contribution >= 4 is 5.78 Å². The van der Waals surface area contributed by atoms with E-state index in [-0.39, 0.29) is 11.8 Å². The Morgan fingerprint density at radius 3 is 2.00 bits per heavy atom. The lowest BCUT2D eigenvalue weighted by Crippen LogP contribution is -2.39. The third-order valence-electron chi connectivity index (χ3n) is 2.37. The monoisotopic (exact) mass is 217 g/mol. The second-order valence-electron chi connectivity index (χ2n) is 3.78. The predicted molar refractivity (Wildman–Crippen MR) is 60.1 cm³/mol. The van der Waals surface area contributed by atoms with Gasteiger partial charge in [-0.05, 0) is 13.8 Å². The first kappa shape index (κ1) is 14.6. The van der Waals surface area contributed by atoms with Crippen LogP contribution in [0.2, 0.25) is 0 Å². The summed E-state index contributed by atoms with van der Waals surface area (Å²) in [6, 6.07) is 0.257. The molecule has 15 heavy (non-hydrogen) atoms. The average Bonchev–Trinajstić information content (AvgIpc) is 2.17. The van der Waals surface area contributed by atoms with Gasteiger partial charge in [0, 0.05) is 39.8 Å². The minimum Gasteiger partial charge on any atom is -0.383 e.